The van der Waals surface area contributed by atoms with Crippen molar-refractivity contribution >= 4 is 17.7 Å². The minimum Gasteiger partial charge on any atom is -0.481 e. The smallest absolute Gasteiger partial charge is 0.303 e. The van der Waals surface area contributed by atoms with Crippen LogP contribution in [0.15, 0.2) is 30.3 Å². The van der Waals surface area contributed by atoms with Crippen LogP contribution in [0, 0.1) is 5.92 Å². The number of benzene rings is 1. The molecule has 130 valence electrons. The fourth-order valence-electron chi connectivity index (χ4n) is 3.33. The summed E-state index contributed by atoms with van der Waals surface area (Å²) < 4.78 is 0. The normalized spacial score (nSPS) is 20.9. The molecule has 1 heterocycles. The Morgan fingerprint density at radius 1 is 1.21 bits per heavy atom. The Labute approximate surface area is 142 Å². The number of ketones is 1. The number of likely N-dealkylation sites (tertiary alicyclic amines) is 1. The van der Waals surface area contributed by atoms with Gasteiger partial charge in [0.25, 0.3) is 5.91 Å². The molecule has 0 spiro atoms. The maximum Gasteiger partial charge on any atom is 0.303 e. The summed E-state index contributed by atoms with van der Waals surface area (Å²) in [4.78, 5) is 39.4. The van der Waals surface area contributed by atoms with E-state index >= 15 is 0 Å². The van der Waals surface area contributed by atoms with Crippen LogP contribution in [-0.2, 0) is 9.59 Å². The minimum absolute atomic E-state index is 0.0531. The Morgan fingerprint density at radius 2 is 1.88 bits per heavy atom. The van der Waals surface area contributed by atoms with Gasteiger partial charge in [-0.1, -0.05) is 30.3 Å². The molecule has 0 aromatic heterocycles. The van der Waals surface area contributed by atoms with Crippen molar-refractivity contribution in [3.63, 3.8) is 0 Å². The first-order chi connectivity index (χ1) is 11.4. The lowest BCUT2D eigenvalue weighted by Gasteiger charge is -2.41. The molecule has 0 saturated carbocycles. The van der Waals surface area contributed by atoms with Crippen LogP contribution >= 0.6 is 0 Å². The van der Waals surface area contributed by atoms with Crippen molar-refractivity contribution in [2.75, 3.05) is 27.2 Å². The van der Waals surface area contributed by atoms with E-state index in [1.807, 2.05) is 14.1 Å². The fraction of sp³-hybridized carbons (Fsp3) is 0.500. The van der Waals surface area contributed by atoms with Crippen LogP contribution in [0.1, 0.15) is 29.6 Å². The molecule has 0 aliphatic carbocycles. The van der Waals surface area contributed by atoms with E-state index in [0.717, 1.165) is 6.42 Å². The van der Waals surface area contributed by atoms with Crippen LogP contribution in [0.3, 0.4) is 0 Å². The second-order valence-electron chi connectivity index (χ2n) is 6.46. The summed E-state index contributed by atoms with van der Waals surface area (Å²) in [5.74, 6) is -1.79. The number of piperidine rings is 1. The molecule has 1 aromatic rings. The Hall–Kier alpha value is -2.21. The number of amides is 1. The number of rotatable bonds is 6. The zero-order valence-electron chi connectivity index (χ0n) is 14.1. The Kier molecular flexibility index (Phi) is 6.09. The first kappa shape index (κ1) is 18.1. The lowest BCUT2D eigenvalue weighted by molar-refractivity contribution is -0.137. The van der Waals surface area contributed by atoms with Crippen molar-refractivity contribution in [2.24, 2.45) is 5.92 Å². The molecule has 2 rings (SSSR count). The first-order valence-corrected chi connectivity index (χ1v) is 8.17. The predicted molar refractivity (Wildman–Crippen MR) is 89.8 cm³/mol. The standard InChI is InChI=1S/C18H24N2O4/c1-19(2)15-10-11-20(12-14(15)8-9-16(21)22)18(24)17(23)13-6-4-3-5-7-13/h3-7,14-15H,8-12H2,1-2H3,(H,21,22)/t14-,15+/m1/s1. The number of carbonyl (C=O) groups excluding carboxylic acids is 2. The van der Waals surface area contributed by atoms with Gasteiger partial charge in [-0.2, -0.15) is 0 Å². The molecular formula is C18H24N2O4. The molecule has 2 atom stereocenters. The molecule has 0 bridgehead atoms. The van der Waals surface area contributed by atoms with E-state index in [4.69, 9.17) is 5.11 Å². The highest BCUT2D eigenvalue weighted by atomic mass is 16.4. The third-order valence-electron chi connectivity index (χ3n) is 4.60. The van der Waals surface area contributed by atoms with Crippen molar-refractivity contribution in [1.29, 1.82) is 0 Å². The highest BCUT2D eigenvalue weighted by molar-refractivity contribution is 6.42. The van der Waals surface area contributed by atoms with Crippen molar-refractivity contribution in [3.8, 4) is 0 Å². The Balaban J connectivity index is 2.07. The van der Waals surface area contributed by atoms with Crippen LogP contribution in [-0.4, -0.2) is 65.8 Å². The third-order valence-corrected chi connectivity index (χ3v) is 4.60. The number of carboxylic acid groups (broad SMARTS) is 1. The average Bonchev–Trinajstić information content (AvgIpc) is 2.59. The number of hydrogen-bond acceptors (Lipinski definition) is 4. The van der Waals surface area contributed by atoms with Gasteiger partial charge in [-0.15, -0.1) is 0 Å². The number of Topliss-reactive ketones (excluding diaryl/α,β-unsaturated/α-hetero) is 1. The van der Waals surface area contributed by atoms with E-state index in [1.54, 1.807) is 35.2 Å². The topological polar surface area (TPSA) is 77.9 Å². The van der Waals surface area contributed by atoms with Gasteiger partial charge in [0.05, 0.1) is 0 Å². The lowest BCUT2D eigenvalue weighted by atomic mass is 9.87. The number of carboxylic acids is 1. The zero-order chi connectivity index (χ0) is 17.7. The highest BCUT2D eigenvalue weighted by Crippen LogP contribution is 2.25. The summed E-state index contributed by atoms with van der Waals surface area (Å²) >= 11 is 0. The van der Waals surface area contributed by atoms with Gasteiger partial charge in [0.15, 0.2) is 0 Å². The maximum absolute atomic E-state index is 12.5. The summed E-state index contributed by atoms with van der Waals surface area (Å²) in [5, 5.41) is 8.93. The monoisotopic (exact) mass is 332 g/mol. The Morgan fingerprint density at radius 3 is 2.46 bits per heavy atom. The lowest BCUT2D eigenvalue weighted by Crippen LogP contribution is -2.52. The molecule has 1 amide bonds. The van der Waals surface area contributed by atoms with Gasteiger partial charge in [0, 0.05) is 31.1 Å². The summed E-state index contributed by atoms with van der Waals surface area (Å²) in [5.41, 5.74) is 0.388. The fourth-order valence-corrected chi connectivity index (χ4v) is 3.33. The molecular weight excluding hydrogens is 308 g/mol. The van der Waals surface area contributed by atoms with E-state index < -0.39 is 17.7 Å². The van der Waals surface area contributed by atoms with Crippen LogP contribution in [0.2, 0.25) is 0 Å². The molecule has 6 heteroatoms. The van der Waals surface area contributed by atoms with Crippen LogP contribution < -0.4 is 0 Å². The van der Waals surface area contributed by atoms with E-state index in [0.29, 0.717) is 25.1 Å². The predicted octanol–water partition coefficient (Wildman–Crippen LogP) is 1.51. The summed E-state index contributed by atoms with van der Waals surface area (Å²) in [6.45, 7) is 0.942. The second-order valence-corrected chi connectivity index (χ2v) is 6.46. The molecule has 1 aliphatic heterocycles. The van der Waals surface area contributed by atoms with Gasteiger partial charge < -0.3 is 14.9 Å². The van der Waals surface area contributed by atoms with Crippen LogP contribution in [0.4, 0.5) is 0 Å². The van der Waals surface area contributed by atoms with Gasteiger partial charge >= 0.3 is 5.97 Å². The van der Waals surface area contributed by atoms with E-state index in [2.05, 4.69) is 4.90 Å². The van der Waals surface area contributed by atoms with Crippen molar-refractivity contribution in [2.45, 2.75) is 25.3 Å². The third kappa shape index (κ3) is 4.41. The number of aliphatic carboxylic acids is 1. The first-order valence-electron chi connectivity index (χ1n) is 8.17. The quantitative estimate of drug-likeness (QED) is 0.631. The minimum atomic E-state index is -0.837. The van der Waals surface area contributed by atoms with Gasteiger partial charge in [0.2, 0.25) is 5.78 Å². The number of carbonyl (C=O) groups is 3. The van der Waals surface area contributed by atoms with Gasteiger partial charge in [-0.3, -0.25) is 14.4 Å². The summed E-state index contributed by atoms with van der Waals surface area (Å²) in [6.07, 6.45) is 1.32. The van der Waals surface area contributed by atoms with E-state index in [9.17, 15) is 14.4 Å². The molecule has 1 saturated heterocycles. The van der Waals surface area contributed by atoms with E-state index in [1.165, 1.54) is 0 Å². The van der Waals surface area contributed by atoms with Crippen molar-refractivity contribution < 1.29 is 19.5 Å². The number of hydrogen-bond donors (Lipinski definition) is 1. The maximum atomic E-state index is 12.5. The molecule has 1 fully saturated rings. The molecule has 0 radical (unpaired) electrons. The van der Waals surface area contributed by atoms with E-state index in [-0.39, 0.29) is 18.4 Å². The molecule has 1 aliphatic rings. The SMILES string of the molecule is CN(C)[C@H]1CCN(C(=O)C(=O)c2ccccc2)C[C@H]1CCC(=O)O. The van der Waals surface area contributed by atoms with Gasteiger partial charge in [-0.05, 0) is 32.9 Å². The largest absolute Gasteiger partial charge is 0.481 e. The summed E-state index contributed by atoms with van der Waals surface area (Å²) in [6, 6.07) is 8.75. The highest BCUT2D eigenvalue weighted by Gasteiger charge is 2.34. The van der Waals surface area contributed by atoms with Crippen molar-refractivity contribution in [3.05, 3.63) is 35.9 Å². The molecule has 1 aromatic carbocycles. The van der Waals surface area contributed by atoms with Crippen molar-refractivity contribution in [1.82, 2.24) is 9.80 Å². The molecule has 1 N–H and O–H groups in total. The number of nitrogens with zero attached hydrogens (tertiary/aromatic N) is 2. The van der Waals surface area contributed by atoms with Crippen LogP contribution in [0.5, 0.6) is 0 Å². The average molecular weight is 332 g/mol. The molecule has 24 heavy (non-hydrogen) atoms. The van der Waals surface area contributed by atoms with Gasteiger partial charge in [0.1, 0.15) is 0 Å². The van der Waals surface area contributed by atoms with Gasteiger partial charge in [-0.25, -0.2) is 0 Å². The second kappa shape index (κ2) is 8.06. The Bertz CT molecular complexity index is 600. The van der Waals surface area contributed by atoms with Crippen LogP contribution in [0.25, 0.3) is 0 Å². The molecule has 0 unspecified atom stereocenters. The summed E-state index contributed by atoms with van der Waals surface area (Å²) in [7, 11) is 3.93. The zero-order valence-corrected chi connectivity index (χ0v) is 14.1. The molecule has 6 nitrogen and oxygen atoms in total.